The van der Waals surface area contributed by atoms with Crippen LogP contribution in [0.15, 0.2) is 47.6 Å². The molecule has 132 valence electrons. The van der Waals surface area contributed by atoms with Gasteiger partial charge in [0.25, 0.3) is 0 Å². The molecule has 4 nitrogen and oxygen atoms in total. The summed E-state index contributed by atoms with van der Waals surface area (Å²) in [4.78, 5) is 0. The summed E-state index contributed by atoms with van der Waals surface area (Å²) in [6.45, 7) is 6.14. The number of hydrogen-bond donors (Lipinski definition) is 3. The molecule has 0 fully saturated rings. The molecule has 0 saturated carbocycles. The number of rotatable bonds is 5. The van der Waals surface area contributed by atoms with Crippen molar-refractivity contribution >= 4 is 28.7 Å². The molecule has 0 aliphatic rings. The topological polar surface area (TPSA) is 56.7 Å². The molecule has 25 heavy (non-hydrogen) atoms. The summed E-state index contributed by atoms with van der Waals surface area (Å²) in [6, 6.07) is 11.7. The van der Waals surface area contributed by atoms with Crippen LogP contribution in [0.3, 0.4) is 0 Å². The molecule has 2 aromatic rings. The Balaban J connectivity index is 2.05. The van der Waals surface area contributed by atoms with Gasteiger partial charge in [-0.05, 0) is 60.5 Å². The van der Waals surface area contributed by atoms with Crippen LogP contribution in [0, 0.1) is 5.82 Å². The Morgan fingerprint density at radius 2 is 1.88 bits per heavy atom. The van der Waals surface area contributed by atoms with Crippen molar-refractivity contribution in [2.24, 2.45) is 5.10 Å². The van der Waals surface area contributed by atoms with Gasteiger partial charge in [0.15, 0.2) is 5.11 Å². The van der Waals surface area contributed by atoms with Crippen LogP contribution in [-0.2, 0) is 0 Å². The predicted octanol–water partition coefficient (Wildman–Crippen LogP) is 4.76. The highest BCUT2D eigenvalue weighted by Crippen LogP contribution is 2.20. The number of hydrazone groups is 1. The molecule has 0 aliphatic heterocycles. The number of nitrogens with one attached hydrogen (secondary N) is 2. The zero-order valence-electron chi connectivity index (χ0n) is 14.5. The lowest BCUT2D eigenvalue weighted by molar-refractivity contribution is 0.471. The van der Waals surface area contributed by atoms with Gasteiger partial charge in [-0.1, -0.05) is 32.9 Å². The summed E-state index contributed by atoms with van der Waals surface area (Å²) in [5, 5.41) is 17.4. The summed E-state index contributed by atoms with van der Waals surface area (Å²) < 4.78 is 13.4. The van der Waals surface area contributed by atoms with E-state index >= 15 is 0 Å². The van der Waals surface area contributed by atoms with Crippen LogP contribution in [0.2, 0.25) is 0 Å². The molecule has 0 amide bonds. The number of phenolic OH excluding ortho intramolecular Hbond substituents is 1. The third-order valence-electron chi connectivity index (χ3n) is 3.73. The number of hydrogen-bond acceptors (Lipinski definition) is 3. The largest absolute Gasteiger partial charge is 0.507 e. The Kier molecular flexibility index (Phi) is 6.47. The van der Waals surface area contributed by atoms with Gasteiger partial charge >= 0.3 is 0 Å². The molecule has 0 unspecified atom stereocenters. The molecular formula is C19H22FN3OS. The number of nitrogens with zero attached hydrogens (tertiary/aromatic N) is 1. The molecule has 2 aromatic carbocycles. The quantitative estimate of drug-likeness (QED) is 0.409. The lowest BCUT2D eigenvalue weighted by Crippen LogP contribution is -2.25. The molecule has 0 spiro atoms. The third-order valence-corrected chi connectivity index (χ3v) is 3.93. The number of thiocarbonyl (C=S) groups is 1. The molecule has 3 N–H and O–H groups in total. The average Bonchev–Trinajstić information content (AvgIpc) is 2.58. The fraction of sp³-hybridized carbons (Fsp3) is 0.263. The van der Waals surface area contributed by atoms with Gasteiger partial charge in [0.2, 0.25) is 0 Å². The highest BCUT2D eigenvalue weighted by molar-refractivity contribution is 7.80. The smallest absolute Gasteiger partial charge is 0.191 e. The summed E-state index contributed by atoms with van der Waals surface area (Å²) in [5.74, 6) is 0.0154. The van der Waals surface area contributed by atoms with Crippen molar-refractivity contribution in [3.05, 3.63) is 59.4 Å². The van der Waals surface area contributed by atoms with Gasteiger partial charge in [0, 0.05) is 11.3 Å². The fourth-order valence-electron chi connectivity index (χ4n) is 2.30. The summed E-state index contributed by atoms with van der Waals surface area (Å²) >= 11 is 5.23. The molecule has 0 bridgehead atoms. The predicted molar refractivity (Wildman–Crippen MR) is 105 cm³/mol. The summed E-state index contributed by atoms with van der Waals surface area (Å²) in [6.07, 6.45) is 0.510. The Hall–Kier alpha value is -2.47. The van der Waals surface area contributed by atoms with Gasteiger partial charge in [-0.3, -0.25) is 5.43 Å². The maximum atomic E-state index is 13.4. The van der Waals surface area contributed by atoms with E-state index in [1.165, 1.54) is 23.8 Å². The summed E-state index contributed by atoms with van der Waals surface area (Å²) in [5.41, 5.74) is 5.69. The normalized spacial score (nSPS) is 11.5. The van der Waals surface area contributed by atoms with Crippen molar-refractivity contribution in [3.8, 4) is 5.75 Å². The van der Waals surface area contributed by atoms with Crippen molar-refractivity contribution in [1.29, 1.82) is 0 Å². The van der Waals surface area contributed by atoms with Gasteiger partial charge in [0.05, 0.1) is 5.71 Å². The Bertz CT molecular complexity index is 773. The van der Waals surface area contributed by atoms with Crippen LogP contribution < -0.4 is 10.7 Å². The minimum absolute atomic E-state index is 0.0213. The van der Waals surface area contributed by atoms with Crippen molar-refractivity contribution in [3.63, 3.8) is 0 Å². The first-order chi connectivity index (χ1) is 11.9. The number of aromatic hydroxyl groups is 1. The zero-order valence-corrected chi connectivity index (χ0v) is 15.3. The minimum atomic E-state index is -0.431. The summed E-state index contributed by atoms with van der Waals surface area (Å²) in [7, 11) is 0. The van der Waals surface area contributed by atoms with Crippen LogP contribution in [0.5, 0.6) is 5.75 Å². The van der Waals surface area contributed by atoms with E-state index in [1.54, 1.807) is 0 Å². The second-order valence-corrected chi connectivity index (χ2v) is 6.32. The van der Waals surface area contributed by atoms with E-state index < -0.39 is 5.82 Å². The average molecular weight is 359 g/mol. The SMILES string of the molecule is CC/C(=N\NC(=S)Nc1ccc(C(C)C)cc1)c1cc(F)ccc1O. The molecule has 2 rings (SSSR count). The van der Waals surface area contributed by atoms with E-state index in [2.05, 4.69) is 29.7 Å². The van der Waals surface area contributed by atoms with Crippen LogP contribution in [0.1, 0.15) is 44.2 Å². The molecule has 6 heteroatoms. The van der Waals surface area contributed by atoms with Gasteiger partial charge < -0.3 is 10.4 Å². The van der Waals surface area contributed by atoms with E-state index in [0.29, 0.717) is 28.7 Å². The molecule has 0 aliphatic carbocycles. The van der Waals surface area contributed by atoms with Gasteiger partial charge in [-0.15, -0.1) is 0 Å². The Morgan fingerprint density at radius 1 is 1.20 bits per heavy atom. The van der Waals surface area contributed by atoms with E-state index in [1.807, 2.05) is 31.2 Å². The van der Waals surface area contributed by atoms with Gasteiger partial charge in [-0.2, -0.15) is 5.10 Å². The number of anilines is 1. The van der Waals surface area contributed by atoms with E-state index in [4.69, 9.17) is 12.2 Å². The van der Waals surface area contributed by atoms with E-state index in [0.717, 1.165) is 5.69 Å². The van der Waals surface area contributed by atoms with Crippen LogP contribution in [-0.4, -0.2) is 15.9 Å². The maximum Gasteiger partial charge on any atom is 0.191 e. The monoisotopic (exact) mass is 359 g/mol. The number of halogens is 1. The number of benzene rings is 2. The highest BCUT2D eigenvalue weighted by atomic mass is 32.1. The van der Waals surface area contributed by atoms with Gasteiger partial charge in [0.1, 0.15) is 11.6 Å². The third kappa shape index (κ3) is 5.26. The van der Waals surface area contributed by atoms with Crippen molar-refractivity contribution in [1.82, 2.24) is 5.43 Å². The fourth-order valence-corrected chi connectivity index (χ4v) is 2.46. The first-order valence-corrected chi connectivity index (χ1v) is 8.54. The minimum Gasteiger partial charge on any atom is -0.507 e. The second-order valence-electron chi connectivity index (χ2n) is 5.92. The number of phenols is 1. The zero-order chi connectivity index (χ0) is 18.4. The van der Waals surface area contributed by atoms with Crippen LogP contribution in [0.25, 0.3) is 0 Å². The van der Waals surface area contributed by atoms with Gasteiger partial charge in [-0.25, -0.2) is 4.39 Å². The lowest BCUT2D eigenvalue weighted by Gasteiger charge is -2.11. The lowest BCUT2D eigenvalue weighted by atomic mass is 10.0. The highest BCUT2D eigenvalue weighted by Gasteiger charge is 2.09. The molecule has 0 aromatic heterocycles. The molecule has 0 radical (unpaired) electrons. The molecule has 0 heterocycles. The van der Waals surface area contributed by atoms with E-state index in [-0.39, 0.29) is 5.75 Å². The standard InChI is InChI=1S/C19H22FN3OS/c1-4-17(16-11-14(20)7-10-18(16)24)22-23-19(25)21-15-8-5-13(6-9-15)12(2)3/h5-12,24H,4H2,1-3H3,(H2,21,23,25)/b22-17+. The second kappa shape index (κ2) is 8.58. The Morgan fingerprint density at radius 3 is 2.48 bits per heavy atom. The molecular weight excluding hydrogens is 337 g/mol. The molecule has 0 saturated heterocycles. The van der Waals surface area contributed by atoms with Crippen LogP contribution >= 0.6 is 12.2 Å². The van der Waals surface area contributed by atoms with Crippen LogP contribution in [0.4, 0.5) is 10.1 Å². The Labute approximate surface area is 152 Å². The van der Waals surface area contributed by atoms with E-state index in [9.17, 15) is 9.50 Å². The van der Waals surface area contributed by atoms with Crippen molar-refractivity contribution in [2.75, 3.05) is 5.32 Å². The van der Waals surface area contributed by atoms with Crippen molar-refractivity contribution in [2.45, 2.75) is 33.1 Å². The first kappa shape index (κ1) is 18.9. The first-order valence-electron chi connectivity index (χ1n) is 8.13. The van der Waals surface area contributed by atoms with Crippen molar-refractivity contribution < 1.29 is 9.50 Å². The maximum absolute atomic E-state index is 13.4. The molecule has 0 atom stereocenters.